The molecule has 0 spiro atoms. The molecule has 6 rings (SSSR count). The number of aryl methyl sites for hydroxylation is 2. The third-order valence-corrected chi connectivity index (χ3v) is 11.5. The van der Waals surface area contributed by atoms with E-state index in [1.807, 2.05) is 18.6 Å². The number of pyridine rings is 2. The summed E-state index contributed by atoms with van der Waals surface area (Å²) >= 11 is 8.63. The first-order valence-electron chi connectivity index (χ1n) is 18.0. The summed E-state index contributed by atoms with van der Waals surface area (Å²) in [6, 6.07) is 9.98. The Hall–Kier alpha value is -3.09. The van der Waals surface area contributed by atoms with Gasteiger partial charge in [-0.3, -0.25) is 24.5 Å². The molecule has 4 atom stereocenters. The van der Waals surface area contributed by atoms with Crippen molar-refractivity contribution < 1.29 is 9.59 Å². The van der Waals surface area contributed by atoms with Gasteiger partial charge in [0.2, 0.25) is 5.91 Å². The molecule has 2 aliphatic heterocycles. The molecule has 12 heteroatoms. The zero-order chi connectivity index (χ0) is 36.8. The molecular formula is C39H54ClN7O2S2. The van der Waals surface area contributed by atoms with Crippen LogP contribution in [0.3, 0.4) is 0 Å². The van der Waals surface area contributed by atoms with Crippen LogP contribution in [-0.4, -0.2) is 61.7 Å². The van der Waals surface area contributed by atoms with Crippen molar-refractivity contribution in [2.75, 3.05) is 18.4 Å². The molecule has 4 aromatic rings. The molecule has 2 saturated heterocycles. The quantitative estimate of drug-likeness (QED) is 0.157. The summed E-state index contributed by atoms with van der Waals surface area (Å²) in [5, 5.41) is 7.86. The smallest absolute Gasteiger partial charge is 0.223 e. The molecule has 6 heterocycles. The standard InChI is InChI=1S/C19H26N4OS.C13H20N2.C7H8ClNOS/c1-13-8-16(6-7-20-13)9-17-5-4-14(2)23(11-17)12-18-10-21-19(25-18)22-15(3)24;1-10-3-4-13(9-15-10)8-12-5-6-14-11(2)7-12;1-5(10)2-7-9-4-6(3-8)11-7/h6-8,10,14,17H,4-5,9,11-12H2,1-3H3,(H,21,22,24);5-7,10,13,15H,3-4,8-9H2,1-2H3;4H,2-3H2,1H3/t14-,17+;10-,13+;/m00./s1. The first-order valence-corrected chi connectivity index (χ1v) is 20.1. The highest BCUT2D eigenvalue weighted by molar-refractivity contribution is 7.15. The van der Waals surface area contributed by atoms with E-state index < -0.39 is 0 Å². The van der Waals surface area contributed by atoms with Crippen molar-refractivity contribution in [2.24, 2.45) is 11.8 Å². The Bertz CT molecular complexity index is 1670. The molecule has 4 aromatic heterocycles. The van der Waals surface area contributed by atoms with Crippen LogP contribution in [0, 0.1) is 25.7 Å². The normalized spacial score (nSPS) is 20.4. The van der Waals surface area contributed by atoms with E-state index in [9.17, 15) is 9.59 Å². The van der Waals surface area contributed by atoms with Crippen LogP contribution >= 0.6 is 34.3 Å². The van der Waals surface area contributed by atoms with Gasteiger partial charge in [-0.2, -0.15) is 0 Å². The topological polar surface area (TPSA) is 113 Å². The maximum absolute atomic E-state index is 11.1. The molecule has 9 nitrogen and oxygen atoms in total. The minimum atomic E-state index is -0.0695. The van der Waals surface area contributed by atoms with Gasteiger partial charge in [-0.1, -0.05) is 0 Å². The van der Waals surface area contributed by atoms with Gasteiger partial charge in [0.25, 0.3) is 0 Å². The van der Waals surface area contributed by atoms with Crippen LogP contribution in [0.2, 0.25) is 0 Å². The van der Waals surface area contributed by atoms with E-state index in [0.29, 0.717) is 35.4 Å². The summed E-state index contributed by atoms with van der Waals surface area (Å²) in [5.41, 5.74) is 5.04. The van der Waals surface area contributed by atoms with Crippen LogP contribution in [0.5, 0.6) is 0 Å². The van der Waals surface area contributed by atoms with Crippen LogP contribution in [0.25, 0.3) is 0 Å². The van der Waals surface area contributed by atoms with Crippen LogP contribution in [-0.2, 0) is 41.3 Å². The number of amides is 1. The number of rotatable bonds is 10. The fraction of sp³-hybridized carbons (Fsp3) is 0.538. The summed E-state index contributed by atoms with van der Waals surface area (Å²) in [7, 11) is 0. The molecule has 2 fully saturated rings. The Morgan fingerprint density at radius 2 is 1.53 bits per heavy atom. The van der Waals surface area contributed by atoms with E-state index in [-0.39, 0.29) is 11.7 Å². The number of nitrogens with zero attached hydrogens (tertiary/aromatic N) is 5. The van der Waals surface area contributed by atoms with Gasteiger partial charge >= 0.3 is 0 Å². The summed E-state index contributed by atoms with van der Waals surface area (Å²) < 4.78 is 0. The van der Waals surface area contributed by atoms with Crippen molar-refractivity contribution in [3.8, 4) is 0 Å². The lowest BCUT2D eigenvalue weighted by atomic mass is 9.88. The molecule has 0 unspecified atom stereocenters. The second-order valence-corrected chi connectivity index (χ2v) is 16.6. The van der Waals surface area contributed by atoms with Crippen molar-refractivity contribution in [1.29, 1.82) is 0 Å². The van der Waals surface area contributed by atoms with E-state index in [4.69, 9.17) is 11.6 Å². The first-order chi connectivity index (χ1) is 24.4. The lowest BCUT2D eigenvalue weighted by Gasteiger charge is -2.37. The van der Waals surface area contributed by atoms with Crippen LogP contribution < -0.4 is 10.6 Å². The molecule has 0 aliphatic carbocycles. The third kappa shape index (κ3) is 14.8. The number of alkyl halides is 1. The zero-order valence-corrected chi connectivity index (χ0v) is 33.3. The van der Waals surface area contributed by atoms with Crippen molar-refractivity contribution in [1.82, 2.24) is 30.2 Å². The number of anilines is 1. The van der Waals surface area contributed by atoms with Gasteiger partial charge in [-0.05, 0) is 127 Å². The second kappa shape index (κ2) is 20.8. The van der Waals surface area contributed by atoms with Gasteiger partial charge in [0, 0.05) is 78.0 Å². The summed E-state index contributed by atoms with van der Waals surface area (Å²) in [4.78, 5) is 43.4. The van der Waals surface area contributed by atoms with Crippen LogP contribution in [0.15, 0.2) is 49.1 Å². The minimum Gasteiger partial charge on any atom is -0.314 e. The van der Waals surface area contributed by atoms with E-state index in [1.54, 1.807) is 24.5 Å². The van der Waals surface area contributed by atoms with Crippen LogP contribution in [0.1, 0.15) is 90.7 Å². The Morgan fingerprint density at radius 1 is 0.882 bits per heavy atom. The molecule has 2 aliphatic rings. The SMILES string of the molecule is CC(=O)Cc1ncc(CCl)s1.CC(=O)Nc1ncc(CN2C[C@@H](Cc3ccnc(C)c3)CC[C@@H]2C)s1.Cc1cc(C[C@H]2CC[C@H](C)NC2)ccn1. The lowest BCUT2D eigenvalue weighted by Crippen LogP contribution is -2.41. The lowest BCUT2D eigenvalue weighted by molar-refractivity contribution is -0.116. The van der Waals surface area contributed by atoms with E-state index in [0.717, 1.165) is 46.7 Å². The van der Waals surface area contributed by atoms with Gasteiger partial charge in [0.15, 0.2) is 5.13 Å². The number of hydrogen-bond donors (Lipinski definition) is 2. The fourth-order valence-electron chi connectivity index (χ4n) is 6.50. The molecule has 0 saturated carbocycles. The Balaban J connectivity index is 0.000000190. The Labute approximate surface area is 317 Å². The van der Waals surface area contributed by atoms with Crippen LogP contribution in [0.4, 0.5) is 5.13 Å². The second-order valence-electron chi connectivity index (χ2n) is 14.0. The number of aromatic nitrogens is 4. The van der Waals surface area contributed by atoms with Gasteiger partial charge < -0.3 is 10.6 Å². The average Bonchev–Trinajstić information content (AvgIpc) is 3.72. The third-order valence-electron chi connectivity index (χ3n) is 9.17. The van der Waals surface area contributed by atoms with Crippen molar-refractivity contribution >= 4 is 51.1 Å². The maximum atomic E-state index is 11.1. The summed E-state index contributed by atoms with van der Waals surface area (Å²) in [5.74, 6) is 2.04. The number of halogens is 1. The molecule has 2 N–H and O–H groups in total. The molecule has 276 valence electrons. The molecule has 1 amide bonds. The molecule has 0 bridgehead atoms. The summed E-state index contributed by atoms with van der Waals surface area (Å²) in [6.45, 7) is 14.9. The molecule has 0 radical (unpaired) electrons. The van der Waals surface area contributed by atoms with Crippen molar-refractivity contribution in [2.45, 2.75) is 111 Å². The predicted octanol–water partition coefficient (Wildman–Crippen LogP) is 7.98. The Kier molecular flexibility index (Phi) is 16.6. The monoisotopic (exact) mass is 751 g/mol. The maximum Gasteiger partial charge on any atom is 0.223 e. The van der Waals surface area contributed by atoms with Gasteiger partial charge in [-0.15, -0.1) is 34.3 Å². The number of carbonyl (C=O) groups excluding carboxylic acids is 2. The highest BCUT2D eigenvalue weighted by Crippen LogP contribution is 2.28. The fourth-order valence-corrected chi connectivity index (χ4v) is 8.46. The number of ketones is 1. The highest BCUT2D eigenvalue weighted by Gasteiger charge is 2.26. The number of Topliss-reactive ketones (excluding diaryl/α,β-unsaturated/α-hetero) is 1. The van der Waals surface area contributed by atoms with E-state index >= 15 is 0 Å². The zero-order valence-electron chi connectivity index (χ0n) is 31.0. The average molecular weight is 752 g/mol. The first kappa shape index (κ1) is 40.7. The van der Waals surface area contributed by atoms with Gasteiger partial charge in [0.05, 0.1) is 12.3 Å². The molecular weight excluding hydrogens is 698 g/mol. The number of carbonyl (C=O) groups is 2. The number of likely N-dealkylation sites (tertiary alicyclic amines) is 1. The van der Waals surface area contributed by atoms with E-state index in [2.05, 4.69) is 87.4 Å². The number of hydrogen-bond acceptors (Lipinski definition) is 10. The predicted molar refractivity (Wildman–Crippen MR) is 211 cm³/mol. The van der Waals surface area contributed by atoms with Gasteiger partial charge in [-0.25, -0.2) is 9.97 Å². The van der Waals surface area contributed by atoms with Gasteiger partial charge in [0.1, 0.15) is 10.8 Å². The number of piperidine rings is 2. The minimum absolute atomic E-state index is 0.0695. The number of nitrogens with one attached hydrogen (secondary N) is 2. The van der Waals surface area contributed by atoms with Crippen molar-refractivity contribution in [3.63, 3.8) is 0 Å². The molecule has 0 aromatic carbocycles. The highest BCUT2D eigenvalue weighted by atomic mass is 35.5. The van der Waals surface area contributed by atoms with E-state index in [1.165, 1.54) is 72.9 Å². The number of thiazole rings is 2. The molecule has 51 heavy (non-hydrogen) atoms. The van der Waals surface area contributed by atoms with Crippen molar-refractivity contribution in [3.05, 3.63) is 86.3 Å². The summed E-state index contributed by atoms with van der Waals surface area (Å²) in [6.07, 6.45) is 15.4. The largest absolute Gasteiger partial charge is 0.314 e. The Morgan fingerprint density at radius 3 is 2.10 bits per heavy atom.